The van der Waals surface area contributed by atoms with Gasteiger partial charge >= 0.3 is 0 Å². The Morgan fingerprint density at radius 2 is 2.31 bits per heavy atom. The number of nitrogens with zero attached hydrogens (tertiary/aromatic N) is 2. The third kappa shape index (κ3) is 1.78. The molecule has 3 heterocycles. The number of hydrogen-bond acceptors (Lipinski definition) is 5. The lowest BCUT2D eigenvalue weighted by Crippen LogP contribution is -2.16. The maximum absolute atomic E-state index is 6.03. The highest BCUT2D eigenvalue weighted by Gasteiger charge is 2.23. The number of fused-ring (bicyclic) bond motifs is 1. The van der Waals surface area contributed by atoms with E-state index in [1.54, 1.807) is 0 Å². The average molecular weight is 236 g/mol. The van der Waals surface area contributed by atoms with Crippen LogP contribution in [0.1, 0.15) is 29.4 Å². The molecule has 3 rings (SSSR count). The first-order chi connectivity index (χ1) is 7.84. The number of aromatic nitrogens is 2. The van der Waals surface area contributed by atoms with E-state index in [1.807, 2.05) is 11.8 Å². The van der Waals surface area contributed by atoms with Crippen molar-refractivity contribution in [1.29, 1.82) is 0 Å². The molecule has 1 atom stereocenters. The van der Waals surface area contributed by atoms with Gasteiger partial charge in [-0.2, -0.15) is 11.8 Å². The summed E-state index contributed by atoms with van der Waals surface area (Å²) in [5.74, 6) is 4.26. The normalized spacial score (nSPS) is 24.4. The molecule has 1 saturated heterocycles. The molecule has 0 saturated carbocycles. The lowest BCUT2D eigenvalue weighted by molar-refractivity contribution is 0.694. The van der Waals surface area contributed by atoms with Crippen molar-refractivity contribution in [1.82, 2.24) is 15.3 Å². The fraction of sp³-hybridized carbons (Fsp3) is 0.636. The molecule has 5 heteroatoms. The zero-order valence-electron chi connectivity index (χ0n) is 9.20. The van der Waals surface area contributed by atoms with Gasteiger partial charge in [-0.15, -0.1) is 0 Å². The highest BCUT2D eigenvalue weighted by atomic mass is 32.2. The Morgan fingerprint density at radius 1 is 1.38 bits per heavy atom. The van der Waals surface area contributed by atoms with Crippen molar-refractivity contribution in [2.75, 3.05) is 24.6 Å². The molecule has 1 fully saturated rings. The van der Waals surface area contributed by atoms with Crippen molar-refractivity contribution in [2.45, 2.75) is 24.5 Å². The minimum atomic E-state index is 0.458. The van der Waals surface area contributed by atoms with Crippen LogP contribution in [0.15, 0.2) is 0 Å². The van der Waals surface area contributed by atoms with Crippen LogP contribution in [0.3, 0.4) is 0 Å². The Bertz CT molecular complexity index is 401. The molecule has 1 unspecified atom stereocenters. The molecule has 0 aromatic carbocycles. The van der Waals surface area contributed by atoms with Gasteiger partial charge in [0, 0.05) is 23.8 Å². The van der Waals surface area contributed by atoms with Crippen LogP contribution < -0.4 is 11.1 Å². The van der Waals surface area contributed by atoms with Gasteiger partial charge in [0.2, 0.25) is 0 Å². The molecular formula is C11H16N4S. The van der Waals surface area contributed by atoms with Crippen molar-refractivity contribution in [2.24, 2.45) is 0 Å². The van der Waals surface area contributed by atoms with Crippen LogP contribution in [-0.4, -0.2) is 28.8 Å². The molecule has 4 nitrogen and oxygen atoms in total. The second kappa shape index (κ2) is 4.22. The lowest BCUT2D eigenvalue weighted by Gasteiger charge is -2.18. The third-order valence-corrected chi connectivity index (χ3v) is 4.27. The summed E-state index contributed by atoms with van der Waals surface area (Å²) in [6.45, 7) is 2.06. The molecule has 1 aromatic rings. The summed E-state index contributed by atoms with van der Waals surface area (Å²) in [6.07, 6.45) is 2.15. The minimum absolute atomic E-state index is 0.458. The van der Waals surface area contributed by atoms with Gasteiger partial charge < -0.3 is 11.1 Å². The Balaban J connectivity index is 1.97. The SMILES string of the molecule is Nc1nc(C2CCNC2)nc2c1CCSC2. The van der Waals surface area contributed by atoms with E-state index in [4.69, 9.17) is 10.7 Å². The molecule has 0 bridgehead atoms. The quantitative estimate of drug-likeness (QED) is 0.759. The largest absolute Gasteiger partial charge is 0.383 e. The summed E-state index contributed by atoms with van der Waals surface area (Å²) >= 11 is 1.94. The lowest BCUT2D eigenvalue weighted by atomic mass is 10.1. The zero-order chi connectivity index (χ0) is 11.0. The van der Waals surface area contributed by atoms with Crippen LogP contribution in [0.25, 0.3) is 0 Å². The predicted octanol–water partition coefficient (Wildman–Crippen LogP) is 0.925. The van der Waals surface area contributed by atoms with Crippen molar-refractivity contribution in [3.05, 3.63) is 17.1 Å². The first-order valence-corrected chi connectivity index (χ1v) is 6.93. The summed E-state index contributed by atoms with van der Waals surface area (Å²) in [5, 5.41) is 3.34. The monoisotopic (exact) mass is 236 g/mol. The molecule has 86 valence electrons. The van der Waals surface area contributed by atoms with Crippen LogP contribution in [-0.2, 0) is 12.2 Å². The van der Waals surface area contributed by atoms with E-state index >= 15 is 0 Å². The average Bonchev–Trinajstić information content (AvgIpc) is 2.82. The minimum Gasteiger partial charge on any atom is -0.383 e. The Morgan fingerprint density at radius 3 is 3.12 bits per heavy atom. The van der Waals surface area contributed by atoms with Crippen molar-refractivity contribution >= 4 is 17.6 Å². The Kier molecular flexibility index (Phi) is 2.73. The van der Waals surface area contributed by atoms with Gasteiger partial charge in [-0.3, -0.25) is 0 Å². The van der Waals surface area contributed by atoms with Crippen LogP contribution in [0.2, 0.25) is 0 Å². The number of thioether (sulfide) groups is 1. The molecule has 16 heavy (non-hydrogen) atoms. The van der Waals surface area contributed by atoms with Gasteiger partial charge in [0.1, 0.15) is 11.6 Å². The van der Waals surface area contributed by atoms with E-state index in [2.05, 4.69) is 10.3 Å². The summed E-state index contributed by atoms with van der Waals surface area (Å²) in [5.41, 5.74) is 8.39. The van der Waals surface area contributed by atoms with E-state index in [-0.39, 0.29) is 0 Å². The second-order valence-electron chi connectivity index (χ2n) is 4.38. The van der Waals surface area contributed by atoms with Gasteiger partial charge in [-0.25, -0.2) is 9.97 Å². The van der Waals surface area contributed by atoms with E-state index < -0.39 is 0 Å². The predicted molar refractivity (Wildman–Crippen MR) is 66.5 cm³/mol. The fourth-order valence-electron chi connectivity index (χ4n) is 2.36. The van der Waals surface area contributed by atoms with Crippen molar-refractivity contribution < 1.29 is 0 Å². The summed E-state index contributed by atoms with van der Waals surface area (Å²) in [4.78, 5) is 9.19. The molecule has 0 radical (unpaired) electrons. The number of rotatable bonds is 1. The number of anilines is 1. The molecule has 0 aliphatic carbocycles. The van der Waals surface area contributed by atoms with Crippen LogP contribution in [0.4, 0.5) is 5.82 Å². The second-order valence-corrected chi connectivity index (χ2v) is 5.49. The van der Waals surface area contributed by atoms with Crippen LogP contribution >= 0.6 is 11.8 Å². The highest BCUT2D eigenvalue weighted by Crippen LogP contribution is 2.29. The molecule has 1 aromatic heterocycles. The smallest absolute Gasteiger partial charge is 0.135 e. The van der Waals surface area contributed by atoms with Gasteiger partial charge in [-0.05, 0) is 25.1 Å². The van der Waals surface area contributed by atoms with E-state index in [9.17, 15) is 0 Å². The Labute approximate surface area is 99.4 Å². The molecule has 3 N–H and O–H groups in total. The maximum Gasteiger partial charge on any atom is 0.135 e. The zero-order valence-corrected chi connectivity index (χ0v) is 10.0. The molecule has 0 spiro atoms. The van der Waals surface area contributed by atoms with Gasteiger partial charge in [0.25, 0.3) is 0 Å². The fourth-order valence-corrected chi connectivity index (χ4v) is 3.29. The topological polar surface area (TPSA) is 63.8 Å². The van der Waals surface area contributed by atoms with Gasteiger partial charge in [0.05, 0.1) is 5.69 Å². The van der Waals surface area contributed by atoms with Gasteiger partial charge in [-0.1, -0.05) is 0 Å². The van der Waals surface area contributed by atoms with Crippen molar-refractivity contribution in [3.8, 4) is 0 Å². The van der Waals surface area contributed by atoms with Crippen molar-refractivity contribution in [3.63, 3.8) is 0 Å². The van der Waals surface area contributed by atoms with Crippen LogP contribution in [0.5, 0.6) is 0 Å². The first-order valence-electron chi connectivity index (χ1n) is 5.78. The van der Waals surface area contributed by atoms with E-state index in [1.165, 1.54) is 11.3 Å². The molecular weight excluding hydrogens is 220 g/mol. The molecule has 2 aliphatic heterocycles. The standard InChI is InChI=1S/C11H16N4S/c12-10-8-2-4-16-6-9(8)14-11(15-10)7-1-3-13-5-7/h7,13H,1-6H2,(H2,12,14,15). The summed E-state index contributed by atoms with van der Waals surface area (Å²) < 4.78 is 0. The Hall–Kier alpha value is -0.810. The van der Waals surface area contributed by atoms with Crippen LogP contribution in [0, 0.1) is 0 Å². The number of nitrogens with two attached hydrogens (primary N) is 1. The number of hydrogen-bond donors (Lipinski definition) is 2. The third-order valence-electron chi connectivity index (χ3n) is 3.30. The maximum atomic E-state index is 6.03. The highest BCUT2D eigenvalue weighted by molar-refractivity contribution is 7.98. The van der Waals surface area contributed by atoms with E-state index in [0.717, 1.165) is 43.3 Å². The molecule has 2 aliphatic rings. The first kappa shape index (κ1) is 10.4. The summed E-state index contributed by atoms with van der Waals surface area (Å²) in [6, 6.07) is 0. The van der Waals surface area contributed by atoms with Gasteiger partial charge in [0.15, 0.2) is 0 Å². The number of nitrogens with one attached hydrogen (secondary N) is 1. The number of nitrogen functional groups attached to an aromatic ring is 1. The summed E-state index contributed by atoms with van der Waals surface area (Å²) in [7, 11) is 0. The molecule has 0 amide bonds. The van der Waals surface area contributed by atoms with E-state index in [0.29, 0.717) is 11.7 Å².